The third-order valence-electron chi connectivity index (χ3n) is 2.06. The first-order valence-electron chi connectivity index (χ1n) is 4.00. The predicted molar refractivity (Wildman–Crippen MR) is 67.9 cm³/mol. The molecule has 0 aliphatic rings. The summed E-state index contributed by atoms with van der Waals surface area (Å²) in [5.41, 5.74) is 4.96. The summed E-state index contributed by atoms with van der Waals surface area (Å²) >= 11 is 11.5. The lowest BCUT2D eigenvalue weighted by atomic mass is 10.2. The molecule has 0 aliphatic heterocycles. The molecule has 1 heterocycles. The number of aromatic amines is 1. The summed E-state index contributed by atoms with van der Waals surface area (Å²) in [4.78, 5) is 13.7. The minimum absolute atomic E-state index is 0. The predicted octanol–water partition coefficient (Wildman–Crippen LogP) is 2.54. The molecule has 4 N–H and O–H groups in total. The normalized spacial score (nSPS) is 10.1. The first-order chi connectivity index (χ1) is 7.00. The Morgan fingerprint density at radius 3 is 2.44 bits per heavy atom. The molecule has 2 rings (SSSR count). The molecule has 0 amide bonds. The van der Waals surface area contributed by atoms with Crippen LogP contribution < -0.4 is 11.3 Å². The highest BCUT2D eigenvalue weighted by Crippen LogP contribution is 2.32. The summed E-state index contributed by atoms with van der Waals surface area (Å²) in [6.45, 7) is 0. The number of nitrogens with two attached hydrogens (primary N) is 1. The van der Waals surface area contributed by atoms with Gasteiger partial charge >= 0.3 is 0 Å². The average molecular weight is 282 g/mol. The standard InChI is InChI=1S/C9H6Cl2N2O2.ClH/c10-4-1-3-6(2-5(4)11)13-9(15)7(12)8(3)14;/h1-2H,12H2,(H2,13,14,15);1H. The van der Waals surface area contributed by atoms with Crippen LogP contribution in [0.5, 0.6) is 5.75 Å². The van der Waals surface area contributed by atoms with Gasteiger partial charge in [0.1, 0.15) is 5.69 Å². The molecular weight excluding hydrogens is 274 g/mol. The molecule has 1 aromatic heterocycles. The van der Waals surface area contributed by atoms with E-state index in [9.17, 15) is 9.90 Å². The van der Waals surface area contributed by atoms with E-state index in [4.69, 9.17) is 28.9 Å². The number of hydrogen-bond acceptors (Lipinski definition) is 3. The molecule has 0 unspecified atom stereocenters. The zero-order valence-electron chi connectivity index (χ0n) is 7.75. The number of H-pyrrole nitrogens is 1. The van der Waals surface area contributed by atoms with Crippen LogP contribution in [0.1, 0.15) is 0 Å². The highest BCUT2D eigenvalue weighted by Gasteiger charge is 2.10. The van der Waals surface area contributed by atoms with Gasteiger partial charge in [0.15, 0.2) is 5.75 Å². The quantitative estimate of drug-likeness (QED) is 0.694. The fraction of sp³-hybridized carbons (Fsp3) is 0. The van der Waals surface area contributed by atoms with Crippen molar-refractivity contribution in [3.8, 4) is 5.75 Å². The highest BCUT2D eigenvalue weighted by molar-refractivity contribution is 6.42. The molecule has 0 fully saturated rings. The van der Waals surface area contributed by atoms with Gasteiger partial charge in [0.25, 0.3) is 5.56 Å². The lowest BCUT2D eigenvalue weighted by molar-refractivity contribution is 0.483. The topological polar surface area (TPSA) is 79.1 Å². The van der Waals surface area contributed by atoms with Crippen LogP contribution in [0, 0.1) is 0 Å². The van der Waals surface area contributed by atoms with Crippen molar-refractivity contribution in [1.82, 2.24) is 4.98 Å². The highest BCUT2D eigenvalue weighted by atomic mass is 35.5. The number of nitrogen functional groups attached to an aromatic ring is 1. The van der Waals surface area contributed by atoms with Crippen LogP contribution in [-0.4, -0.2) is 10.1 Å². The van der Waals surface area contributed by atoms with Crippen molar-refractivity contribution >= 4 is 52.2 Å². The smallest absolute Gasteiger partial charge is 0.275 e. The van der Waals surface area contributed by atoms with Crippen molar-refractivity contribution in [3.63, 3.8) is 0 Å². The third-order valence-corrected chi connectivity index (χ3v) is 2.79. The van der Waals surface area contributed by atoms with Gasteiger partial charge < -0.3 is 15.8 Å². The summed E-state index contributed by atoms with van der Waals surface area (Å²) in [5, 5.41) is 10.5. The molecule has 0 saturated carbocycles. The summed E-state index contributed by atoms with van der Waals surface area (Å²) in [6, 6.07) is 2.90. The lowest BCUT2D eigenvalue weighted by Crippen LogP contribution is -2.11. The fourth-order valence-corrected chi connectivity index (χ4v) is 1.62. The maximum atomic E-state index is 11.2. The van der Waals surface area contributed by atoms with Crippen molar-refractivity contribution in [2.24, 2.45) is 0 Å². The van der Waals surface area contributed by atoms with Crippen molar-refractivity contribution in [1.29, 1.82) is 0 Å². The van der Waals surface area contributed by atoms with E-state index in [1.165, 1.54) is 12.1 Å². The zero-order chi connectivity index (χ0) is 11.2. The molecule has 1 aromatic carbocycles. The van der Waals surface area contributed by atoms with Gasteiger partial charge in [-0.05, 0) is 12.1 Å². The van der Waals surface area contributed by atoms with Crippen LogP contribution in [0.3, 0.4) is 0 Å². The Hall–Kier alpha value is -1.10. The van der Waals surface area contributed by atoms with E-state index in [0.29, 0.717) is 15.9 Å². The van der Waals surface area contributed by atoms with Crippen molar-refractivity contribution in [3.05, 3.63) is 32.5 Å². The number of anilines is 1. The number of nitrogens with one attached hydrogen (secondary N) is 1. The van der Waals surface area contributed by atoms with Crippen LogP contribution >= 0.6 is 35.6 Å². The minimum atomic E-state index is -0.557. The number of aromatic nitrogens is 1. The molecule has 2 aromatic rings. The molecule has 0 saturated heterocycles. The van der Waals surface area contributed by atoms with Crippen LogP contribution in [0.25, 0.3) is 10.9 Å². The molecule has 7 heteroatoms. The van der Waals surface area contributed by atoms with Crippen molar-refractivity contribution in [2.75, 3.05) is 5.73 Å². The molecular formula is C9H7Cl3N2O2. The number of rotatable bonds is 0. The number of pyridine rings is 1. The van der Waals surface area contributed by atoms with E-state index >= 15 is 0 Å². The summed E-state index contributed by atoms with van der Waals surface area (Å²) in [7, 11) is 0. The van der Waals surface area contributed by atoms with Crippen LogP contribution in [0.2, 0.25) is 10.0 Å². The molecule has 0 aliphatic carbocycles. The van der Waals surface area contributed by atoms with Gasteiger partial charge in [-0.2, -0.15) is 0 Å². The second-order valence-corrected chi connectivity index (χ2v) is 3.84. The van der Waals surface area contributed by atoms with Gasteiger partial charge in [0.05, 0.1) is 15.6 Å². The van der Waals surface area contributed by atoms with E-state index < -0.39 is 5.56 Å². The Bertz CT molecular complexity index is 610. The Morgan fingerprint density at radius 1 is 1.25 bits per heavy atom. The Morgan fingerprint density at radius 2 is 1.81 bits per heavy atom. The fourth-order valence-electron chi connectivity index (χ4n) is 1.29. The molecule has 16 heavy (non-hydrogen) atoms. The van der Waals surface area contributed by atoms with Crippen molar-refractivity contribution < 1.29 is 5.11 Å². The third kappa shape index (κ3) is 1.91. The van der Waals surface area contributed by atoms with Gasteiger partial charge in [-0.15, -0.1) is 12.4 Å². The molecule has 86 valence electrons. The van der Waals surface area contributed by atoms with E-state index in [2.05, 4.69) is 4.98 Å². The van der Waals surface area contributed by atoms with E-state index in [1.807, 2.05) is 0 Å². The van der Waals surface area contributed by atoms with Crippen LogP contribution in [0.4, 0.5) is 5.69 Å². The molecule has 0 bridgehead atoms. The first-order valence-corrected chi connectivity index (χ1v) is 4.76. The van der Waals surface area contributed by atoms with Crippen LogP contribution in [0.15, 0.2) is 16.9 Å². The van der Waals surface area contributed by atoms with Gasteiger partial charge in [-0.3, -0.25) is 4.79 Å². The van der Waals surface area contributed by atoms with Gasteiger partial charge in [-0.25, -0.2) is 0 Å². The van der Waals surface area contributed by atoms with Gasteiger partial charge in [-0.1, -0.05) is 23.2 Å². The summed E-state index contributed by atoms with van der Waals surface area (Å²) in [5.74, 6) is -0.285. The van der Waals surface area contributed by atoms with E-state index in [0.717, 1.165) is 0 Å². The molecule has 0 radical (unpaired) electrons. The monoisotopic (exact) mass is 280 g/mol. The number of fused-ring (bicyclic) bond motifs is 1. The summed E-state index contributed by atoms with van der Waals surface area (Å²) in [6.07, 6.45) is 0. The average Bonchev–Trinajstić information content (AvgIpc) is 2.19. The SMILES string of the molecule is Cl.Nc1c(O)c2cc(Cl)c(Cl)cc2[nH]c1=O. The maximum Gasteiger partial charge on any atom is 0.275 e. The number of hydrogen-bond donors (Lipinski definition) is 3. The molecule has 0 atom stereocenters. The zero-order valence-corrected chi connectivity index (χ0v) is 10.1. The minimum Gasteiger partial charge on any atom is -0.505 e. The largest absolute Gasteiger partial charge is 0.505 e. The first kappa shape index (κ1) is 13.0. The second kappa shape index (κ2) is 4.41. The Balaban J connectivity index is 0.00000128. The van der Waals surface area contributed by atoms with E-state index in [-0.39, 0.29) is 28.9 Å². The maximum absolute atomic E-state index is 11.2. The Labute approximate surface area is 106 Å². The number of halogens is 3. The Kier molecular flexibility index (Phi) is 3.57. The molecule has 4 nitrogen and oxygen atoms in total. The number of aromatic hydroxyl groups is 1. The van der Waals surface area contributed by atoms with E-state index in [1.54, 1.807) is 0 Å². The van der Waals surface area contributed by atoms with Gasteiger partial charge in [0.2, 0.25) is 0 Å². The summed E-state index contributed by atoms with van der Waals surface area (Å²) < 4.78 is 0. The van der Waals surface area contributed by atoms with Crippen molar-refractivity contribution in [2.45, 2.75) is 0 Å². The molecule has 0 spiro atoms. The lowest BCUT2D eigenvalue weighted by Gasteiger charge is -2.05. The number of benzene rings is 1. The van der Waals surface area contributed by atoms with Crippen LogP contribution in [-0.2, 0) is 0 Å². The van der Waals surface area contributed by atoms with Gasteiger partial charge in [0, 0.05) is 5.39 Å². The second-order valence-electron chi connectivity index (χ2n) is 3.03.